The van der Waals surface area contributed by atoms with Crippen molar-refractivity contribution in [1.29, 1.82) is 0 Å². The predicted molar refractivity (Wildman–Crippen MR) is 182 cm³/mol. The number of amides is 2. The minimum absolute atomic E-state index is 0.0631. The van der Waals surface area contributed by atoms with Gasteiger partial charge in [-0.1, -0.05) is 85.3 Å². The maximum Gasteiger partial charge on any atom is 0.264 e. The number of anilines is 1. The Bertz CT molecular complexity index is 1730. The van der Waals surface area contributed by atoms with Crippen LogP contribution >= 0.6 is 0 Å². The van der Waals surface area contributed by atoms with Gasteiger partial charge in [0.05, 0.1) is 17.7 Å². The van der Waals surface area contributed by atoms with Crippen LogP contribution in [0.15, 0.2) is 108 Å². The molecule has 0 radical (unpaired) electrons. The molecule has 0 aliphatic heterocycles. The molecule has 0 fully saturated rings. The summed E-state index contributed by atoms with van der Waals surface area (Å²) in [7, 11) is -2.60. The molecule has 2 atom stereocenters. The van der Waals surface area contributed by atoms with Crippen LogP contribution in [-0.2, 0) is 32.6 Å². The van der Waals surface area contributed by atoms with Crippen LogP contribution in [0.3, 0.4) is 0 Å². The monoisotopic (exact) mass is 641 g/mol. The Morgan fingerprint density at radius 1 is 0.848 bits per heavy atom. The maximum absolute atomic E-state index is 14.6. The van der Waals surface area contributed by atoms with Crippen molar-refractivity contribution in [3.63, 3.8) is 0 Å². The molecular formula is C37H43N3O5S. The molecule has 0 heterocycles. The fourth-order valence-corrected chi connectivity index (χ4v) is 6.64. The number of carbonyl (C=O) groups excluding carboxylic acids is 2. The molecule has 0 unspecified atom stereocenters. The molecule has 8 nitrogen and oxygen atoms in total. The maximum atomic E-state index is 14.6. The van der Waals surface area contributed by atoms with E-state index in [-0.39, 0.29) is 29.8 Å². The van der Waals surface area contributed by atoms with E-state index < -0.39 is 28.5 Å². The summed E-state index contributed by atoms with van der Waals surface area (Å²) in [5, 5.41) is 3.06. The van der Waals surface area contributed by atoms with E-state index in [0.29, 0.717) is 23.4 Å². The molecule has 0 spiro atoms. The van der Waals surface area contributed by atoms with E-state index in [1.54, 1.807) is 49.6 Å². The molecule has 4 rings (SSSR count). The number of nitrogens with zero attached hydrogens (tertiary/aromatic N) is 2. The second-order valence-electron chi connectivity index (χ2n) is 11.5. The van der Waals surface area contributed by atoms with Crippen molar-refractivity contribution in [3.8, 4) is 5.75 Å². The van der Waals surface area contributed by atoms with E-state index in [1.807, 2.05) is 88.4 Å². The summed E-state index contributed by atoms with van der Waals surface area (Å²) in [4.78, 5) is 30.2. The number of para-hydroxylation sites is 1. The summed E-state index contributed by atoms with van der Waals surface area (Å²) in [6.45, 7) is 7.14. The molecule has 0 saturated carbocycles. The molecule has 0 bridgehead atoms. The van der Waals surface area contributed by atoms with Gasteiger partial charge in [0.15, 0.2) is 0 Å². The zero-order valence-electron chi connectivity index (χ0n) is 27.1. The minimum Gasteiger partial charge on any atom is -0.497 e. The Labute approximate surface area is 273 Å². The SMILES string of the molecule is CC[C@@H](C)NC(=O)[C@@H](Cc1ccccc1)N(Cc1cccc(OC)c1)C(=O)CN(c1ccccc1C)S(=O)(=O)c1ccc(C)cc1. The lowest BCUT2D eigenvalue weighted by atomic mass is 10.0. The van der Waals surface area contributed by atoms with Gasteiger partial charge in [-0.25, -0.2) is 8.42 Å². The van der Waals surface area contributed by atoms with E-state index in [1.165, 1.54) is 4.90 Å². The second kappa shape index (κ2) is 15.6. The molecule has 0 aromatic heterocycles. The Kier molecular flexibility index (Phi) is 11.6. The Hall–Kier alpha value is -4.63. The summed E-state index contributed by atoms with van der Waals surface area (Å²) in [5.74, 6) is -0.211. The van der Waals surface area contributed by atoms with Crippen LogP contribution in [0, 0.1) is 13.8 Å². The van der Waals surface area contributed by atoms with Gasteiger partial charge in [0.1, 0.15) is 18.3 Å². The molecule has 0 aliphatic carbocycles. The molecule has 4 aromatic rings. The number of aryl methyl sites for hydroxylation is 2. The third-order valence-corrected chi connectivity index (χ3v) is 9.81. The summed E-state index contributed by atoms with van der Waals surface area (Å²) in [6.07, 6.45) is 0.956. The fourth-order valence-electron chi connectivity index (χ4n) is 5.16. The van der Waals surface area contributed by atoms with Crippen molar-refractivity contribution in [2.24, 2.45) is 0 Å². The lowest BCUT2D eigenvalue weighted by Gasteiger charge is -2.34. The number of benzene rings is 4. The van der Waals surface area contributed by atoms with Crippen LogP contribution in [0.25, 0.3) is 0 Å². The third kappa shape index (κ3) is 8.54. The molecule has 0 aliphatic rings. The summed E-state index contributed by atoms with van der Waals surface area (Å²) in [6, 6.07) is 29.4. The van der Waals surface area contributed by atoms with E-state index in [2.05, 4.69) is 5.32 Å². The van der Waals surface area contributed by atoms with Crippen molar-refractivity contribution < 1.29 is 22.7 Å². The number of rotatable bonds is 14. The standard InChI is InChI=1S/C37H43N3O5S/c1-6-29(4)38-37(42)35(24-30-14-8-7-9-15-30)39(25-31-16-12-17-32(23-31)45-5)36(41)26-40(34-18-11-10-13-28(34)3)46(43,44)33-21-19-27(2)20-22-33/h7-23,29,35H,6,24-26H2,1-5H3,(H,38,42)/t29-,35-/m1/s1. The second-order valence-corrected chi connectivity index (χ2v) is 13.4. The van der Waals surface area contributed by atoms with Crippen LogP contribution in [0.1, 0.15) is 42.5 Å². The third-order valence-electron chi connectivity index (χ3n) is 8.03. The van der Waals surface area contributed by atoms with Crippen molar-refractivity contribution >= 4 is 27.5 Å². The first-order valence-corrected chi connectivity index (χ1v) is 16.9. The first kappa shape index (κ1) is 34.2. The zero-order valence-corrected chi connectivity index (χ0v) is 28.0. The van der Waals surface area contributed by atoms with E-state index in [4.69, 9.17) is 4.74 Å². The number of sulfonamides is 1. The van der Waals surface area contributed by atoms with Gasteiger partial charge >= 0.3 is 0 Å². The quantitative estimate of drug-likeness (QED) is 0.181. The molecule has 0 saturated heterocycles. The van der Waals surface area contributed by atoms with E-state index in [9.17, 15) is 18.0 Å². The first-order chi connectivity index (χ1) is 22.0. The number of carbonyl (C=O) groups is 2. The van der Waals surface area contributed by atoms with Gasteiger partial charge in [-0.2, -0.15) is 0 Å². The highest BCUT2D eigenvalue weighted by molar-refractivity contribution is 7.92. The molecule has 4 aromatic carbocycles. The molecular weight excluding hydrogens is 598 g/mol. The van der Waals surface area contributed by atoms with Gasteiger partial charge < -0.3 is 15.0 Å². The van der Waals surface area contributed by atoms with Crippen molar-refractivity contribution in [2.75, 3.05) is 18.0 Å². The number of hydrogen-bond acceptors (Lipinski definition) is 5. The van der Waals surface area contributed by atoms with Crippen molar-refractivity contribution in [3.05, 3.63) is 125 Å². The van der Waals surface area contributed by atoms with Crippen molar-refractivity contribution in [2.45, 2.75) is 64.1 Å². The summed E-state index contributed by atoms with van der Waals surface area (Å²) >= 11 is 0. The highest BCUT2D eigenvalue weighted by atomic mass is 32.2. The average Bonchev–Trinajstić information content (AvgIpc) is 3.06. The fraction of sp³-hybridized carbons (Fsp3) is 0.297. The predicted octanol–water partition coefficient (Wildman–Crippen LogP) is 6.06. The molecule has 9 heteroatoms. The van der Waals surface area contributed by atoms with Gasteiger partial charge in [-0.15, -0.1) is 0 Å². The minimum atomic E-state index is -4.17. The Morgan fingerprint density at radius 3 is 2.15 bits per heavy atom. The van der Waals surface area contributed by atoms with Gasteiger partial charge in [0.2, 0.25) is 11.8 Å². The van der Waals surface area contributed by atoms with Crippen LogP contribution in [0.5, 0.6) is 5.75 Å². The number of nitrogens with one attached hydrogen (secondary N) is 1. The molecule has 1 N–H and O–H groups in total. The number of methoxy groups -OCH3 is 1. The Morgan fingerprint density at radius 2 is 1.50 bits per heavy atom. The normalized spacial score (nSPS) is 12.5. The van der Waals surface area contributed by atoms with Crippen LogP contribution in [0.2, 0.25) is 0 Å². The lowest BCUT2D eigenvalue weighted by Crippen LogP contribution is -2.54. The number of hydrogen-bond donors (Lipinski definition) is 1. The van der Waals surface area contributed by atoms with Crippen molar-refractivity contribution in [1.82, 2.24) is 10.2 Å². The topological polar surface area (TPSA) is 96.0 Å². The smallest absolute Gasteiger partial charge is 0.264 e. The average molecular weight is 642 g/mol. The van der Waals surface area contributed by atoms with Crippen LogP contribution in [-0.4, -0.2) is 50.9 Å². The highest BCUT2D eigenvalue weighted by Crippen LogP contribution is 2.28. The first-order valence-electron chi connectivity index (χ1n) is 15.4. The van der Waals surface area contributed by atoms with Crippen LogP contribution < -0.4 is 14.4 Å². The highest BCUT2D eigenvalue weighted by Gasteiger charge is 2.35. The molecule has 46 heavy (non-hydrogen) atoms. The zero-order chi connectivity index (χ0) is 33.3. The van der Waals surface area contributed by atoms with Gasteiger partial charge in [-0.3, -0.25) is 13.9 Å². The molecule has 2 amide bonds. The van der Waals surface area contributed by atoms with Gasteiger partial charge in [0.25, 0.3) is 10.0 Å². The van der Waals surface area contributed by atoms with E-state index in [0.717, 1.165) is 21.0 Å². The van der Waals surface area contributed by atoms with Gasteiger partial charge in [-0.05, 0) is 74.2 Å². The number of ether oxygens (including phenoxy) is 1. The van der Waals surface area contributed by atoms with E-state index >= 15 is 0 Å². The largest absolute Gasteiger partial charge is 0.497 e. The summed E-state index contributed by atoms with van der Waals surface area (Å²) in [5.41, 5.74) is 3.62. The molecule has 242 valence electrons. The Balaban J connectivity index is 1.83. The van der Waals surface area contributed by atoms with Crippen LogP contribution in [0.4, 0.5) is 5.69 Å². The van der Waals surface area contributed by atoms with Gasteiger partial charge in [0, 0.05) is 19.0 Å². The lowest BCUT2D eigenvalue weighted by molar-refractivity contribution is -0.140. The summed E-state index contributed by atoms with van der Waals surface area (Å²) < 4.78 is 35.1.